The average Bonchev–Trinajstić information content (AvgIpc) is 2.71. The Morgan fingerprint density at radius 2 is 2.05 bits per heavy atom. The molecule has 0 amide bonds. The maximum atomic E-state index is 12.1. The SMILES string of the molecule is CCCC(C(=O)O)N1CCC[C@H]1C(=O)OC(C)(C)C. The third kappa shape index (κ3) is 4.49. The van der Waals surface area contributed by atoms with Gasteiger partial charge in [-0.3, -0.25) is 14.5 Å². The highest BCUT2D eigenvalue weighted by Gasteiger charge is 2.40. The van der Waals surface area contributed by atoms with E-state index in [0.717, 1.165) is 12.8 Å². The van der Waals surface area contributed by atoms with Crippen molar-refractivity contribution >= 4 is 11.9 Å². The lowest BCUT2D eigenvalue weighted by Crippen LogP contribution is -2.48. The predicted molar refractivity (Wildman–Crippen MR) is 71.9 cm³/mol. The van der Waals surface area contributed by atoms with Gasteiger partial charge in [0.15, 0.2) is 0 Å². The molecule has 110 valence electrons. The summed E-state index contributed by atoms with van der Waals surface area (Å²) in [6, 6.07) is -0.989. The summed E-state index contributed by atoms with van der Waals surface area (Å²) >= 11 is 0. The summed E-state index contributed by atoms with van der Waals surface area (Å²) in [7, 11) is 0. The Hall–Kier alpha value is -1.10. The fourth-order valence-electron chi connectivity index (χ4n) is 2.49. The minimum Gasteiger partial charge on any atom is -0.480 e. The second-order valence-corrected chi connectivity index (χ2v) is 6.07. The van der Waals surface area contributed by atoms with Crippen molar-refractivity contribution in [2.24, 2.45) is 0 Å². The van der Waals surface area contributed by atoms with Crippen molar-refractivity contribution < 1.29 is 19.4 Å². The van der Waals surface area contributed by atoms with Gasteiger partial charge in [0.1, 0.15) is 17.7 Å². The van der Waals surface area contributed by atoms with Gasteiger partial charge in [0, 0.05) is 0 Å². The minimum atomic E-state index is -0.850. The quantitative estimate of drug-likeness (QED) is 0.775. The van der Waals surface area contributed by atoms with Crippen molar-refractivity contribution in [1.29, 1.82) is 0 Å². The predicted octanol–water partition coefficient (Wildman–Crippen LogP) is 2.05. The Balaban J connectivity index is 2.77. The lowest BCUT2D eigenvalue weighted by atomic mass is 10.1. The highest BCUT2D eigenvalue weighted by Crippen LogP contribution is 2.25. The molecule has 0 aromatic heterocycles. The van der Waals surface area contributed by atoms with Crippen LogP contribution in [0.3, 0.4) is 0 Å². The molecule has 1 aliphatic heterocycles. The first-order valence-corrected chi connectivity index (χ1v) is 6.97. The first-order chi connectivity index (χ1) is 8.76. The molecule has 0 spiro atoms. The first kappa shape index (κ1) is 16.0. The van der Waals surface area contributed by atoms with Crippen LogP contribution in [0.4, 0.5) is 0 Å². The van der Waals surface area contributed by atoms with Crippen LogP contribution in [0, 0.1) is 0 Å². The van der Waals surface area contributed by atoms with Gasteiger partial charge >= 0.3 is 11.9 Å². The number of likely N-dealkylation sites (tertiary alicyclic amines) is 1. The summed E-state index contributed by atoms with van der Waals surface area (Å²) in [6.07, 6.45) is 2.88. The Labute approximate surface area is 114 Å². The number of hydrogen-bond donors (Lipinski definition) is 1. The molecule has 0 aromatic rings. The highest BCUT2D eigenvalue weighted by atomic mass is 16.6. The van der Waals surface area contributed by atoms with Crippen LogP contribution in [-0.4, -0.2) is 46.2 Å². The van der Waals surface area contributed by atoms with Gasteiger partial charge in [-0.1, -0.05) is 13.3 Å². The van der Waals surface area contributed by atoms with E-state index in [9.17, 15) is 14.7 Å². The number of carbonyl (C=O) groups is 2. The lowest BCUT2D eigenvalue weighted by Gasteiger charge is -2.31. The van der Waals surface area contributed by atoms with E-state index in [0.29, 0.717) is 19.4 Å². The van der Waals surface area contributed by atoms with Gasteiger partial charge in [-0.25, -0.2) is 0 Å². The van der Waals surface area contributed by atoms with Crippen molar-refractivity contribution in [2.75, 3.05) is 6.54 Å². The second kappa shape index (κ2) is 6.37. The molecule has 0 saturated carbocycles. The Bertz CT molecular complexity index is 335. The molecule has 0 aliphatic carbocycles. The Morgan fingerprint density at radius 1 is 1.42 bits per heavy atom. The molecule has 5 nitrogen and oxygen atoms in total. The zero-order chi connectivity index (χ0) is 14.6. The molecule has 0 bridgehead atoms. The molecule has 1 heterocycles. The van der Waals surface area contributed by atoms with Crippen LogP contribution in [0.5, 0.6) is 0 Å². The number of carbonyl (C=O) groups excluding carboxylic acids is 1. The van der Waals surface area contributed by atoms with Gasteiger partial charge in [0.2, 0.25) is 0 Å². The average molecular weight is 271 g/mol. The van der Waals surface area contributed by atoms with E-state index in [-0.39, 0.29) is 5.97 Å². The maximum Gasteiger partial charge on any atom is 0.323 e. The maximum absolute atomic E-state index is 12.1. The summed E-state index contributed by atoms with van der Waals surface area (Å²) in [4.78, 5) is 25.3. The molecule has 1 rings (SSSR count). The van der Waals surface area contributed by atoms with E-state index in [1.54, 1.807) is 4.90 Å². The van der Waals surface area contributed by atoms with E-state index >= 15 is 0 Å². The molecule has 1 N–H and O–H groups in total. The molecular formula is C14H25NO4. The molecule has 19 heavy (non-hydrogen) atoms. The topological polar surface area (TPSA) is 66.8 Å². The smallest absolute Gasteiger partial charge is 0.323 e. The number of hydrogen-bond acceptors (Lipinski definition) is 4. The van der Waals surface area contributed by atoms with Crippen molar-refractivity contribution in [3.05, 3.63) is 0 Å². The molecule has 5 heteroatoms. The van der Waals surface area contributed by atoms with Crippen molar-refractivity contribution in [3.8, 4) is 0 Å². The van der Waals surface area contributed by atoms with Crippen LogP contribution >= 0.6 is 0 Å². The fourth-order valence-corrected chi connectivity index (χ4v) is 2.49. The molecule has 0 aromatic carbocycles. The number of carboxylic acid groups (broad SMARTS) is 1. The largest absolute Gasteiger partial charge is 0.480 e. The molecule has 2 atom stereocenters. The number of aliphatic carboxylic acids is 1. The molecule has 1 saturated heterocycles. The van der Waals surface area contributed by atoms with E-state index in [1.807, 2.05) is 27.7 Å². The van der Waals surface area contributed by atoms with Gasteiger partial charge in [0.25, 0.3) is 0 Å². The number of carboxylic acids is 1. The fraction of sp³-hybridized carbons (Fsp3) is 0.857. The summed E-state index contributed by atoms with van der Waals surface area (Å²) in [5, 5.41) is 9.30. The van der Waals surface area contributed by atoms with Crippen LogP contribution < -0.4 is 0 Å². The van der Waals surface area contributed by atoms with Crippen LogP contribution in [0.2, 0.25) is 0 Å². The Kier molecular flexibility index (Phi) is 5.35. The summed E-state index contributed by atoms with van der Waals surface area (Å²) in [5.41, 5.74) is -0.533. The van der Waals surface area contributed by atoms with Crippen LogP contribution in [0.15, 0.2) is 0 Å². The van der Waals surface area contributed by atoms with Crippen molar-refractivity contribution in [1.82, 2.24) is 4.90 Å². The van der Waals surface area contributed by atoms with Gasteiger partial charge in [0.05, 0.1) is 0 Å². The van der Waals surface area contributed by atoms with E-state index < -0.39 is 23.7 Å². The summed E-state index contributed by atoms with van der Waals surface area (Å²) < 4.78 is 5.39. The molecule has 0 radical (unpaired) electrons. The zero-order valence-electron chi connectivity index (χ0n) is 12.3. The van der Waals surface area contributed by atoms with Crippen LogP contribution in [-0.2, 0) is 14.3 Å². The van der Waals surface area contributed by atoms with Gasteiger partial charge in [-0.05, 0) is 46.6 Å². The normalized spacial score (nSPS) is 22.2. The summed E-state index contributed by atoms with van der Waals surface area (Å²) in [5.74, 6) is -1.15. The number of esters is 1. The molecule has 1 fully saturated rings. The first-order valence-electron chi connectivity index (χ1n) is 6.97. The van der Waals surface area contributed by atoms with Crippen molar-refractivity contribution in [2.45, 2.75) is 71.1 Å². The standard InChI is InChI=1S/C14H25NO4/c1-5-7-10(12(16)17)15-9-6-8-11(15)13(18)19-14(2,3)4/h10-11H,5-9H2,1-4H3,(H,16,17)/t10?,11-/m0/s1. The van der Waals surface area contributed by atoms with E-state index in [4.69, 9.17) is 4.74 Å². The van der Waals surface area contributed by atoms with Crippen molar-refractivity contribution in [3.63, 3.8) is 0 Å². The third-order valence-corrected chi connectivity index (χ3v) is 3.22. The van der Waals surface area contributed by atoms with Crippen LogP contribution in [0.25, 0.3) is 0 Å². The lowest BCUT2D eigenvalue weighted by molar-refractivity contribution is -0.162. The third-order valence-electron chi connectivity index (χ3n) is 3.22. The number of nitrogens with zero attached hydrogens (tertiary/aromatic N) is 1. The molecule has 1 aliphatic rings. The van der Waals surface area contributed by atoms with E-state index in [1.165, 1.54) is 0 Å². The summed E-state index contributed by atoms with van der Waals surface area (Å²) in [6.45, 7) is 8.08. The zero-order valence-corrected chi connectivity index (χ0v) is 12.3. The van der Waals surface area contributed by atoms with Crippen LogP contribution in [0.1, 0.15) is 53.4 Å². The monoisotopic (exact) mass is 271 g/mol. The number of ether oxygens (including phenoxy) is 1. The van der Waals surface area contributed by atoms with Gasteiger partial charge in [-0.15, -0.1) is 0 Å². The highest BCUT2D eigenvalue weighted by molar-refractivity contribution is 5.79. The molecular weight excluding hydrogens is 246 g/mol. The van der Waals surface area contributed by atoms with Gasteiger partial charge < -0.3 is 9.84 Å². The molecule has 1 unspecified atom stereocenters. The van der Waals surface area contributed by atoms with E-state index in [2.05, 4.69) is 0 Å². The van der Waals surface area contributed by atoms with Gasteiger partial charge in [-0.2, -0.15) is 0 Å². The second-order valence-electron chi connectivity index (χ2n) is 6.07. The Morgan fingerprint density at radius 3 is 2.53 bits per heavy atom. The number of rotatable bonds is 5. The minimum absolute atomic E-state index is 0.299.